The number of carbonyl (C=O) groups excluding carboxylic acids is 1. The lowest BCUT2D eigenvalue weighted by molar-refractivity contribution is 0.131. The summed E-state index contributed by atoms with van der Waals surface area (Å²) in [6.07, 6.45) is 4.16. The molecule has 1 aliphatic rings. The quantitative estimate of drug-likeness (QED) is 0.853. The van der Waals surface area contributed by atoms with E-state index in [4.69, 9.17) is 4.74 Å². The summed E-state index contributed by atoms with van der Waals surface area (Å²) in [5, 5.41) is 4.02. The van der Waals surface area contributed by atoms with Crippen molar-refractivity contribution in [2.24, 2.45) is 5.92 Å². The molecular weight excluding hydrogens is 306 g/mol. The van der Waals surface area contributed by atoms with E-state index in [2.05, 4.69) is 21.2 Å². The first-order valence-corrected chi connectivity index (χ1v) is 7.93. The number of ether oxygens (including phenoxy) is 1. The van der Waals surface area contributed by atoms with Crippen LogP contribution in [0.15, 0.2) is 30.3 Å². The molecule has 1 aromatic rings. The Morgan fingerprint density at radius 3 is 2.53 bits per heavy atom. The molecule has 1 aromatic carbocycles. The number of benzene rings is 1. The number of carbonyl (C=O) groups is 1. The number of alkyl carbamates (subject to hydrolysis) is 1. The molecule has 1 amide bonds. The Hall–Kier alpha value is -1.03. The summed E-state index contributed by atoms with van der Waals surface area (Å²) in [6, 6.07) is 10.0. The third-order valence-electron chi connectivity index (χ3n) is 3.60. The molecule has 0 bridgehead atoms. The van der Waals surface area contributed by atoms with Crippen molar-refractivity contribution in [2.75, 3.05) is 5.33 Å². The van der Waals surface area contributed by atoms with Gasteiger partial charge in [0, 0.05) is 11.4 Å². The van der Waals surface area contributed by atoms with Gasteiger partial charge in [-0.3, -0.25) is 0 Å². The SMILES string of the molecule is O=C(NC1CCC(CBr)CC1)OCc1ccccc1. The Balaban J connectivity index is 1.67. The Labute approximate surface area is 122 Å². The summed E-state index contributed by atoms with van der Waals surface area (Å²) in [6.45, 7) is 0.337. The van der Waals surface area contributed by atoms with Crippen molar-refractivity contribution in [3.8, 4) is 0 Å². The van der Waals surface area contributed by atoms with Gasteiger partial charge in [-0.15, -0.1) is 0 Å². The zero-order valence-electron chi connectivity index (χ0n) is 11.0. The number of halogens is 1. The van der Waals surface area contributed by atoms with Crippen molar-refractivity contribution in [3.05, 3.63) is 35.9 Å². The number of amides is 1. The summed E-state index contributed by atoms with van der Waals surface area (Å²) >= 11 is 3.52. The molecule has 0 unspecified atom stereocenters. The maximum Gasteiger partial charge on any atom is 0.407 e. The van der Waals surface area contributed by atoms with Crippen molar-refractivity contribution >= 4 is 22.0 Å². The molecule has 1 saturated carbocycles. The predicted molar refractivity (Wildman–Crippen MR) is 79.3 cm³/mol. The minimum atomic E-state index is -0.300. The van der Waals surface area contributed by atoms with E-state index in [0.29, 0.717) is 6.61 Å². The van der Waals surface area contributed by atoms with Gasteiger partial charge in [0.2, 0.25) is 0 Å². The lowest BCUT2D eigenvalue weighted by Crippen LogP contribution is -2.38. The van der Waals surface area contributed by atoms with Gasteiger partial charge < -0.3 is 10.1 Å². The van der Waals surface area contributed by atoms with Gasteiger partial charge >= 0.3 is 6.09 Å². The van der Waals surface area contributed by atoms with Gasteiger partial charge in [-0.25, -0.2) is 4.79 Å². The normalized spacial score (nSPS) is 22.8. The van der Waals surface area contributed by atoms with E-state index >= 15 is 0 Å². The second kappa shape index (κ2) is 7.53. The molecule has 1 aliphatic carbocycles. The van der Waals surface area contributed by atoms with Gasteiger partial charge in [0.1, 0.15) is 6.61 Å². The number of rotatable bonds is 4. The zero-order valence-corrected chi connectivity index (χ0v) is 12.6. The van der Waals surface area contributed by atoms with E-state index in [0.717, 1.165) is 29.7 Å². The van der Waals surface area contributed by atoms with Crippen LogP contribution in [0, 0.1) is 5.92 Å². The average Bonchev–Trinajstić information content (AvgIpc) is 2.47. The molecule has 0 radical (unpaired) electrons. The highest BCUT2D eigenvalue weighted by Gasteiger charge is 2.21. The third-order valence-corrected chi connectivity index (χ3v) is 4.52. The van der Waals surface area contributed by atoms with Gasteiger partial charge in [0.15, 0.2) is 0 Å². The van der Waals surface area contributed by atoms with Gasteiger partial charge in [0.25, 0.3) is 0 Å². The monoisotopic (exact) mass is 325 g/mol. The van der Waals surface area contributed by atoms with Gasteiger partial charge in [-0.05, 0) is 37.2 Å². The highest BCUT2D eigenvalue weighted by Crippen LogP contribution is 2.25. The maximum absolute atomic E-state index is 11.7. The average molecular weight is 326 g/mol. The van der Waals surface area contributed by atoms with E-state index in [1.54, 1.807) is 0 Å². The topological polar surface area (TPSA) is 38.3 Å². The summed E-state index contributed by atoms with van der Waals surface area (Å²) in [5.41, 5.74) is 1.01. The van der Waals surface area contributed by atoms with Crippen LogP contribution in [-0.4, -0.2) is 17.5 Å². The number of nitrogens with one attached hydrogen (secondary N) is 1. The minimum absolute atomic E-state index is 0.276. The predicted octanol–water partition coefficient (Wildman–Crippen LogP) is 3.87. The molecule has 0 aliphatic heterocycles. The summed E-state index contributed by atoms with van der Waals surface area (Å²) in [7, 11) is 0. The summed E-state index contributed by atoms with van der Waals surface area (Å²) < 4.78 is 5.22. The van der Waals surface area contributed by atoms with Crippen LogP contribution < -0.4 is 5.32 Å². The summed E-state index contributed by atoms with van der Waals surface area (Å²) in [5.74, 6) is 0.762. The molecular formula is C15H20BrNO2. The Morgan fingerprint density at radius 1 is 1.21 bits per heavy atom. The Morgan fingerprint density at radius 2 is 1.89 bits per heavy atom. The molecule has 2 rings (SSSR count). The van der Waals surface area contributed by atoms with Gasteiger partial charge in [-0.2, -0.15) is 0 Å². The first kappa shape index (κ1) is 14.4. The fraction of sp³-hybridized carbons (Fsp3) is 0.533. The number of hydrogen-bond donors (Lipinski definition) is 1. The first-order chi connectivity index (χ1) is 9.28. The molecule has 1 fully saturated rings. The van der Waals surface area contributed by atoms with Crippen molar-refractivity contribution in [1.29, 1.82) is 0 Å². The zero-order chi connectivity index (χ0) is 13.5. The Bertz CT molecular complexity index is 388. The van der Waals surface area contributed by atoms with Crippen molar-refractivity contribution in [1.82, 2.24) is 5.32 Å². The molecule has 19 heavy (non-hydrogen) atoms. The molecule has 0 heterocycles. The molecule has 104 valence electrons. The fourth-order valence-corrected chi connectivity index (χ4v) is 3.04. The molecule has 0 saturated heterocycles. The Kier molecular flexibility index (Phi) is 5.70. The largest absolute Gasteiger partial charge is 0.445 e. The van der Waals surface area contributed by atoms with E-state index in [9.17, 15) is 4.79 Å². The van der Waals surface area contributed by atoms with Gasteiger partial charge in [-0.1, -0.05) is 46.3 Å². The van der Waals surface area contributed by atoms with Crippen molar-refractivity contribution in [3.63, 3.8) is 0 Å². The standard InChI is InChI=1S/C15H20BrNO2/c16-10-12-6-8-14(9-7-12)17-15(18)19-11-13-4-2-1-3-5-13/h1-5,12,14H,6-11H2,(H,17,18). The fourth-order valence-electron chi connectivity index (χ4n) is 2.39. The molecule has 1 N–H and O–H groups in total. The smallest absolute Gasteiger partial charge is 0.407 e. The first-order valence-electron chi connectivity index (χ1n) is 6.81. The van der Waals surface area contributed by atoms with Gasteiger partial charge in [0.05, 0.1) is 0 Å². The van der Waals surface area contributed by atoms with Crippen LogP contribution in [0.1, 0.15) is 31.2 Å². The van der Waals surface area contributed by atoms with Crippen LogP contribution in [0.2, 0.25) is 0 Å². The lowest BCUT2D eigenvalue weighted by atomic mass is 9.87. The maximum atomic E-state index is 11.7. The molecule has 0 spiro atoms. The minimum Gasteiger partial charge on any atom is -0.445 e. The van der Waals surface area contributed by atoms with E-state index in [-0.39, 0.29) is 12.1 Å². The summed E-state index contributed by atoms with van der Waals surface area (Å²) in [4.78, 5) is 11.7. The highest BCUT2D eigenvalue weighted by molar-refractivity contribution is 9.09. The molecule has 0 aromatic heterocycles. The van der Waals surface area contributed by atoms with E-state index < -0.39 is 0 Å². The second-order valence-electron chi connectivity index (χ2n) is 5.08. The van der Waals surface area contributed by atoms with Crippen LogP contribution in [0.4, 0.5) is 4.79 Å². The highest BCUT2D eigenvalue weighted by atomic mass is 79.9. The van der Waals surface area contributed by atoms with Crippen LogP contribution in [0.5, 0.6) is 0 Å². The number of alkyl halides is 1. The van der Waals surface area contributed by atoms with Crippen LogP contribution >= 0.6 is 15.9 Å². The van der Waals surface area contributed by atoms with E-state index in [1.807, 2.05) is 30.3 Å². The molecule has 3 nitrogen and oxygen atoms in total. The van der Waals surface area contributed by atoms with Crippen LogP contribution in [0.25, 0.3) is 0 Å². The van der Waals surface area contributed by atoms with Crippen LogP contribution in [-0.2, 0) is 11.3 Å². The third kappa shape index (κ3) is 4.86. The lowest BCUT2D eigenvalue weighted by Gasteiger charge is -2.27. The second-order valence-corrected chi connectivity index (χ2v) is 5.73. The number of hydrogen-bond acceptors (Lipinski definition) is 2. The van der Waals surface area contributed by atoms with Crippen LogP contribution in [0.3, 0.4) is 0 Å². The van der Waals surface area contributed by atoms with Crippen molar-refractivity contribution < 1.29 is 9.53 Å². The van der Waals surface area contributed by atoms with Crippen molar-refractivity contribution in [2.45, 2.75) is 38.3 Å². The molecule has 4 heteroatoms. The van der Waals surface area contributed by atoms with E-state index in [1.165, 1.54) is 12.8 Å². The molecule has 0 atom stereocenters.